The van der Waals surface area contributed by atoms with Gasteiger partial charge in [0.05, 0.1) is 18.3 Å². The van der Waals surface area contributed by atoms with E-state index in [4.69, 9.17) is 4.74 Å². The Bertz CT molecular complexity index is 413. The van der Waals surface area contributed by atoms with Crippen LogP contribution in [0.5, 0.6) is 0 Å². The van der Waals surface area contributed by atoms with Crippen molar-refractivity contribution in [3.05, 3.63) is 0 Å². The third-order valence-corrected chi connectivity index (χ3v) is 6.11. The number of aliphatic hydroxyl groups is 1. The number of piperidine rings is 1. The summed E-state index contributed by atoms with van der Waals surface area (Å²) in [4.78, 5) is 15.0. The molecule has 4 atom stereocenters. The third kappa shape index (κ3) is 4.50. The van der Waals surface area contributed by atoms with Crippen molar-refractivity contribution in [1.29, 1.82) is 0 Å². The van der Waals surface area contributed by atoms with Crippen molar-refractivity contribution in [3.63, 3.8) is 0 Å². The number of rotatable bonds is 3. The monoisotopic (exact) mass is 338 g/mol. The van der Waals surface area contributed by atoms with E-state index in [1.54, 1.807) is 0 Å². The summed E-state index contributed by atoms with van der Waals surface area (Å²) < 4.78 is 5.74. The Balaban J connectivity index is 1.44. The minimum absolute atomic E-state index is 0.0990. The van der Waals surface area contributed by atoms with E-state index >= 15 is 0 Å². The maximum absolute atomic E-state index is 12.6. The molecule has 1 amide bonds. The molecule has 0 aromatic rings. The van der Waals surface area contributed by atoms with Crippen molar-refractivity contribution in [2.75, 3.05) is 13.1 Å². The molecule has 24 heavy (non-hydrogen) atoms. The van der Waals surface area contributed by atoms with Crippen LogP contribution in [0.3, 0.4) is 0 Å². The second kappa shape index (κ2) is 8.15. The van der Waals surface area contributed by atoms with E-state index in [-0.39, 0.29) is 30.1 Å². The van der Waals surface area contributed by atoms with Crippen LogP contribution in [-0.4, -0.2) is 59.4 Å². The number of hydrogen-bond acceptors (Lipinski definition) is 4. The number of nitrogens with zero attached hydrogens (tertiary/aromatic N) is 1. The Morgan fingerprint density at radius 1 is 1.04 bits per heavy atom. The first kappa shape index (κ1) is 18.2. The maximum atomic E-state index is 12.6. The van der Waals surface area contributed by atoms with Gasteiger partial charge in [-0.2, -0.15) is 0 Å². The molecule has 2 saturated heterocycles. The average Bonchev–Trinajstić information content (AvgIpc) is 2.55. The van der Waals surface area contributed by atoms with E-state index in [9.17, 15) is 9.90 Å². The van der Waals surface area contributed by atoms with Gasteiger partial charge in [-0.1, -0.05) is 12.8 Å². The minimum Gasteiger partial charge on any atom is -0.391 e. The fourth-order valence-corrected chi connectivity index (χ4v) is 4.83. The van der Waals surface area contributed by atoms with E-state index in [2.05, 4.69) is 24.1 Å². The largest absolute Gasteiger partial charge is 0.391 e. The SMILES string of the molecule is CC1CC(C(=O)NC2CCN(C3CCCCC3O)CC2)CC(C)O1. The normalized spacial score (nSPS) is 39.5. The standard InChI is InChI=1S/C19H34N2O3/c1-13-11-15(12-14(2)24-13)19(23)20-16-7-9-21(10-8-16)17-5-3-4-6-18(17)22/h13-18,22H,3-12H2,1-2H3,(H,20,23). The summed E-state index contributed by atoms with van der Waals surface area (Å²) in [7, 11) is 0. The number of carbonyl (C=O) groups excluding carboxylic acids is 1. The molecule has 5 nitrogen and oxygen atoms in total. The lowest BCUT2D eigenvalue weighted by atomic mass is 9.89. The van der Waals surface area contributed by atoms with Gasteiger partial charge in [0, 0.05) is 31.1 Å². The summed E-state index contributed by atoms with van der Waals surface area (Å²) in [6, 6.07) is 0.635. The zero-order valence-corrected chi connectivity index (χ0v) is 15.2. The van der Waals surface area contributed by atoms with Gasteiger partial charge in [-0.05, 0) is 52.4 Å². The summed E-state index contributed by atoms with van der Waals surface area (Å²) in [6.45, 7) is 6.11. The number of hydrogen-bond donors (Lipinski definition) is 2. The molecule has 5 heteroatoms. The van der Waals surface area contributed by atoms with E-state index in [0.717, 1.165) is 58.0 Å². The van der Waals surface area contributed by atoms with E-state index < -0.39 is 0 Å². The van der Waals surface area contributed by atoms with Crippen molar-refractivity contribution < 1.29 is 14.6 Å². The molecule has 0 aromatic heterocycles. The van der Waals surface area contributed by atoms with Gasteiger partial charge in [0.15, 0.2) is 0 Å². The Kier molecular flexibility index (Phi) is 6.17. The maximum Gasteiger partial charge on any atom is 0.223 e. The molecular formula is C19H34N2O3. The van der Waals surface area contributed by atoms with Crippen molar-refractivity contribution in [2.45, 2.75) is 95.6 Å². The highest BCUT2D eigenvalue weighted by atomic mass is 16.5. The fraction of sp³-hybridized carbons (Fsp3) is 0.947. The minimum atomic E-state index is -0.157. The van der Waals surface area contributed by atoms with Gasteiger partial charge in [0.2, 0.25) is 5.91 Å². The van der Waals surface area contributed by atoms with Gasteiger partial charge in [-0.3, -0.25) is 9.69 Å². The molecule has 1 aliphatic carbocycles. The second-order valence-electron chi connectivity index (χ2n) is 8.16. The van der Waals surface area contributed by atoms with Crippen LogP contribution in [0.15, 0.2) is 0 Å². The molecule has 0 radical (unpaired) electrons. The first-order valence-electron chi connectivity index (χ1n) is 9.91. The van der Waals surface area contributed by atoms with E-state index in [0.29, 0.717) is 12.1 Å². The van der Waals surface area contributed by atoms with Crippen LogP contribution < -0.4 is 5.32 Å². The Morgan fingerprint density at radius 3 is 2.29 bits per heavy atom. The Morgan fingerprint density at radius 2 is 1.67 bits per heavy atom. The highest BCUT2D eigenvalue weighted by Crippen LogP contribution is 2.27. The second-order valence-corrected chi connectivity index (χ2v) is 8.16. The molecule has 0 aromatic carbocycles. The van der Waals surface area contributed by atoms with E-state index in [1.165, 1.54) is 6.42 Å². The highest BCUT2D eigenvalue weighted by Gasteiger charge is 2.34. The molecule has 0 bridgehead atoms. The Hall–Kier alpha value is -0.650. The number of ether oxygens (including phenoxy) is 1. The van der Waals surface area contributed by atoms with E-state index in [1.807, 2.05) is 0 Å². The molecule has 138 valence electrons. The van der Waals surface area contributed by atoms with Crippen LogP contribution in [-0.2, 0) is 9.53 Å². The van der Waals surface area contributed by atoms with Gasteiger partial charge in [-0.15, -0.1) is 0 Å². The first-order chi connectivity index (χ1) is 11.5. The van der Waals surface area contributed by atoms with Crippen LogP contribution in [0.2, 0.25) is 0 Å². The molecule has 3 aliphatic rings. The average molecular weight is 338 g/mol. The fourth-order valence-electron chi connectivity index (χ4n) is 4.83. The molecule has 3 rings (SSSR count). The van der Waals surface area contributed by atoms with Gasteiger partial charge < -0.3 is 15.2 Å². The zero-order valence-electron chi connectivity index (χ0n) is 15.2. The van der Waals surface area contributed by atoms with Crippen LogP contribution in [0, 0.1) is 5.92 Å². The lowest BCUT2D eigenvalue weighted by Crippen LogP contribution is -2.53. The molecule has 4 unspecified atom stereocenters. The number of amides is 1. The predicted octanol–water partition coefficient (Wildman–Crippen LogP) is 2.07. The van der Waals surface area contributed by atoms with Gasteiger partial charge >= 0.3 is 0 Å². The summed E-state index contributed by atoms with van der Waals surface area (Å²) >= 11 is 0. The number of carbonyl (C=O) groups is 1. The molecule has 2 N–H and O–H groups in total. The third-order valence-electron chi connectivity index (χ3n) is 6.11. The zero-order chi connectivity index (χ0) is 17.1. The van der Waals surface area contributed by atoms with Crippen molar-refractivity contribution in [1.82, 2.24) is 10.2 Å². The molecule has 2 aliphatic heterocycles. The van der Waals surface area contributed by atoms with Gasteiger partial charge in [0.1, 0.15) is 0 Å². The number of aliphatic hydroxyl groups excluding tert-OH is 1. The smallest absolute Gasteiger partial charge is 0.223 e. The topological polar surface area (TPSA) is 61.8 Å². The molecule has 3 fully saturated rings. The van der Waals surface area contributed by atoms with Crippen LogP contribution in [0.4, 0.5) is 0 Å². The van der Waals surface area contributed by atoms with Crippen LogP contribution in [0.25, 0.3) is 0 Å². The quantitative estimate of drug-likeness (QED) is 0.827. The van der Waals surface area contributed by atoms with Crippen molar-refractivity contribution in [2.24, 2.45) is 5.92 Å². The number of likely N-dealkylation sites (tertiary alicyclic amines) is 1. The van der Waals surface area contributed by atoms with Crippen LogP contribution >= 0.6 is 0 Å². The lowest BCUT2D eigenvalue weighted by Gasteiger charge is -2.42. The number of nitrogens with one attached hydrogen (secondary N) is 1. The van der Waals surface area contributed by atoms with Crippen molar-refractivity contribution in [3.8, 4) is 0 Å². The summed E-state index contributed by atoms with van der Waals surface area (Å²) in [5.41, 5.74) is 0. The summed E-state index contributed by atoms with van der Waals surface area (Å²) in [5, 5.41) is 13.5. The Labute approximate surface area is 146 Å². The van der Waals surface area contributed by atoms with Crippen LogP contribution in [0.1, 0.15) is 65.2 Å². The van der Waals surface area contributed by atoms with Gasteiger partial charge in [0.25, 0.3) is 0 Å². The molecule has 2 heterocycles. The first-order valence-corrected chi connectivity index (χ1v) is 9.91. The predicted molar refractivity (Wildman–Crippen MR) is 93.7 cm³/mol. The molecule has 1 saturated carbocycles. The highest BCUT2D eigenvalue weighted by molar-refractivity contribution is 5.79. The summed E-state index contributed by atoms with van der Waals surface area (Å²) in [5.74, 6) is 0.315. The summed E-state index contributed by atoms with van der Waals surface area (Å²) in [6.07, 6.45) is 8.34. The van der Waals surface area contributed by atoms with Crippen molar-refractivity contribution >= 4 is 5.91 Å². The molecule has 0 spiro atoms. The lowest BCUT2D eigenvalue weighted by molar-refractivity contribution is -0.134. The van der Waals surface area contributed by atoms with Gasteiger partial charge in [-0.25, -0.2) is 0 Å². The molecular weight excluding hydrogens is 304 g/mol.